The monoisotopic (exact) mass is 444 g/mol. The van der Waals surface area contributed by atoms with E-state index in [9.17, 15) is 29.7 Å². The second-order valence-electron chi connectivity index (χ2n) is 6.43. The van der Waals surface area contributed by atoms with Crippen LogP contribution in [0.5, 0.6) is 5.75 Å². The fraction of sp³-hybridized carbons (Fsp3) is 0. The van der Waals surface area contributed by atoms with Crippen molar-refractivity contribution in [2.45, 2.75) is 0 Å². The topological polar surface area (TPSA) is 125 Å². The van der Waals surface area contributed by atoms with Crippen molar-refractivity contribution in [3.05, 3.63) is 73.9 Å². The summed E-state index contributed by atoms with van der Waals surface area (Å²) in [6.45, 7) is 0. The Kier molecular flexibility index (Phi) is 4.64. The van der Waals surface area contributed by atoms with Gasteiger partial charge in [0.15, 0.2) is 0 Å². The van der Waals surface area contributed by atoms with Crippen molar-refractivity contribution >= 4 is 46.1 Å². The maximum atomic E-state index is 12.0. The summed E-state index contributed by atoms with van der Waals surface area (Å²) < 4.78 is 5.72. The van der Waals surface area contributed by atoms with Crippen LogP contribution >= 0.6 is 23.2 Å². The van der Waals surface area contributed by atoms with Gasteiger partial charge in [0, 0.05) is 28.6 Å². The van der Waals surface area contributed by atoms with E-state index in [1.54, 1.807) is 0 Å². The summed E-state index contributed by atoms with van der Waals surface area (Å²) in [7, 11) is 0. The Balaban J connectivity index is 2.23. The molecule has 0 saturated carbocycles. The second kappa shape index (κ2) is 7.05. The molecular formula is C21H10Cl2O7. The van der Waals surface area contributed by atoms with Crippen LogP contribution in [0.15, 0.2) is 51.7 Å². The SMILES string of the molecule is O=C(O)c1ccc(-c2c3cc(Cl)c(=O)cc-3oc3cc(O)c(Cl)cc23)c(C(=O)O)c1. The summed E-state index contributed by atoms with van der Waals surface area (Å²) in [5.41, 5.74) is -0.0643. The highest BCUT2D eigenvalue weighted by Gasteiger charge is 2.24. The van der Waals surface area contributed by atoms with E-state index in [1.165, 1.54) is 30.3 Å². The van der Waals surface area contributed by atoms with Crippen LogP contribution in [0.1, 0.15) is 20.7 Å². The quantitative estimate of drug-likeness (QED) is 0.380. The third-order valence-corrected chi connectivity index (χ3v) is 5.21. The molecule has 4 rings (SSSR count). The molecule has 0 unspecified atom stereocenters. The van der Waals surface area contributed by atoms with Gasteiger partial charge in [-0.15, -0.1) is 0 Å². The molecule has 1 aliphatic carbocycles. The summed E-state index contributed by atoms with van der Waals surface area (Å²) in [6.07, 6.45) is 0. The number of phenolic OH excluding ortho intramolecular Hbond substituents is 1. The average molecular weight is 445 g/mol. The summed E-state index contributed by atoms with van der Waals surface area (Å²) in [5, 5.41) is 29.1. The Labute approximate surface area is 177 Å². The van der Waals surface area contributed by atoms with E-state index < -0.39 is 17.4 Å². The maximum absolute atomic E-state index is 12.0. The number of aromatic hydroxyl groups is 1. The molecule has 2 aromatic carbocycles. The molecule has 150 valence electrons. The number of halogens is 2. The number of phenols is 1. The predicted octanol–water partition coefficient (Wildman–Crippen LogP) is 4.97. The number of benzene rings is 3. The fourth-order valence-electron chi connectivity index (χ4n) is 3.26. The summed E-state index contributed by atoms with van der Waals surface area (Å²) in [6, 6.07) is 8.77. The lowest BCUT2D eigenvalue weighted by atomic mass is 9.90. The second-order valence-corrected chi connectivity index (χ2v) is 7.24. The highest BCUT2D eigenvalue weighted by Crippen LogP contribution is 2.44. The third-order valence-electron chi connectivity index (χ3n) is 4.61. The van der Waals surface area contributed by atoms with Gasteiger partial charge >= 0.3 is 11.9 Å². The Morgan fingerprint density at radius 1 is 0.867 bits per heavy atom. The van der Waals surface area contributed by atoms with E-state index in [0.29, 0.717) is 16.5 Å². The van der Waals surface area contributed by atoms with E-state index in [2.05, 4.69) is 0 Å². The van der Waals surface area contributed by atoms with Crippen molar-refractivity contribution in [1.29, 1.82) is 0 Å². The van der Waals surface area contributed by atoms with Crippen LogP contribution in [0.4, 0.5) is 0 Å². The van der Waals surface area contributed by atoms with E-state index in [1.807, 2.05) is 0 Å². The molecule has 9 heteroatoms. The average Bonchev–Trinajstić information content (AvgIpc) is 2.68. The first kappa shape index (κ1) is 19.8. The van der Waals surface area contributed by atoms with Crippen LogP contribution in [-0.2, 0) is 0 Å². The van der Waals surface area contributed by atoms with Gasteiger partial charge in [0.25, 0.3) is 0 Å². The van der Waals surface area contributed by atoms with Crippen molar-refractivity contribution in [2.75, 3.05) is 0 Å². The first-order chi connectivity index (χ1) is 14.2. The minimum atomic E-state index is -1.35. The van der Waals surface area contributed by atoms with Gasteiger partial charge in [0.2, 0.25) is 5.43 Å². The Hall–Kier alpha value is -3.55. The van der Waals surface area contributed by atoms with Crippen molar-refractivity contribution in [3.8, 4) is 28.2 Å². The van der Waals surface area contributed by atoms with E-state index >= 15 is 0 Å². The fourth-order valence-corrected chi connectivity index (χ4v) is 3.59. The molecule has 0 atom stereocenters. The molecular weight excluding hydrogens is 435 g/mol. The highest BCUT2D eigenvalue weighted by atomic mass is 35.5. The number of carboxylic acids is 2. The van der Waals surface area contributed by atoms with Gasteiger partial charge in [-0.25, -0.2) is 9.59 Å². The number of aromatic carboxylic acids is 2. The van der Waals surface area contributed by atoms with Gasteiger partial charge in [-0.2, -0.15) is 0 Å². The molecule has 1 aliphatic heterocycles. The number of hydrogen-bond acceptors (Lipinski definition) is 5. The molecule has 7 nitrogen and oxygen atoms in total. The van der Waals surface area contributed by atoms with Gasteiger partial charge in [-0.05, 0) is 29.8 Å². The number of carboxylic acid groups (broad SMARTS) is 2. The van der Waals surface area contributed by atoms with Crippen molar-refractivity contribution < 1.29 is 29.3 Å². The normalized spacial score (nSPS) is 11.1. The van der Waals surface area contributed by atoms with Gasteiger partial charge in [0.1, 0.15) is 17.1 Å². The molecule has 0 aromatic heterocycles. The highest BCUT2D eigenvalue weighted by molar-refractivity contribution is 6.33. The van der Waals surface area contributed by atoms with Gasteiger partial charge in [-0.3, -0.25) is 4.79 Å². The lowest BCUT2D eigenvalue weighted by Crippen LogP contribution is -2.06. The van der Waals surface area contributed by atoms with E-state index in [0.717, 1.165) is 12.1 Å². The van der Waals surface area contributed by atoms with Crippen molar-refractivity contribution in [1.82, 2.24) is 0 Å². The Morgan fingerprint density at radius 3 is 2.27 bits per heavy atom. The van der Waals surface area contributed by atoms with Crippen LogP contribution in [0.2, 0.25) is 10.0 Å². The van der Waals surface area contributed by atoms with Crippen molar-refractivity contribution in [2.24, 2.45) is 0 Å². The summed E-state index contributed by atoms with van der Waals surface area (Å²) in [4.78, 5) is 35.2. The first-order valence-electron chi connectivity index (χ1n) is 8.37. The molecule has 0 radical (unpaired) electrons. The molecule has 1 heterocycles. The molecule has 0 fully saturated rings. The molecule has 3 N–H and O–H groups in total. The van der Waals surface area contributed by atoms with Gasteiger partial charge in [0.05, 0.1) is 21.2 Å². The summed E-state index contributed by atoms with van der Waals surface area (Å²) in [5.74, 6) is -2.80. The smallest absolute Gasteiger partial charge is 0.336 e. The molecule has 0 amide bonds. The van der Waals surface area contributed by atoms with E-state index in [4.69, 9.17) is 27.6 Å². The minimum absolute atomic E-state index is 0.0103. The third kappa shape index (κ3) is 3.14. The standard InChI is InChI=1S/C21H10Cl2O7/c22-13-4-11-17(6-15(13)24)30-18-7-16(25)14(23)5-12(18)19(11)9-2-1-8(20(26)27)3-10(9)21(28)29/h1-7,24H,(H,26,27)(H,28,29). The van der Waals surface area contributed by atoms with Crippen LogP contribution < -0.4 is 5.43 Å². The largest absolute Gasteiger partial charge is 0.506 e. The van der Waals surface area contributed by atoms with Gasteiger partial charge < -0.3 is 19.7 Å². The minimum Gasteiger partial charge on any atom is -0.506 e. The van der Waals surface area contributed by atoms with Crippen LogP contribution in [-0.4, -0.2) is 27.3 Å². The number of fused-ring (bicyclic) bond motifs is 2. The molecule has 2 aromatic rings. The predicted molar refractivity (Wildman–Crippen MR) is 110 cm³/mol. The molecule has 0 bridgehead atoms. The van der Waals surface area contributed by atoms with Crippen LogP contribution in [0, 0.1) is 0 Å². The molecule has 0 spiro atoms. The molecule has 0 saturated heterocycles. The van der Waals surface area contributed by atoms with Crippen LogP contribution in [0.25, 0.3) is 33.4 Å². The summed E-state index contributed by atoms with van der Waals surface area (Å²) >= 11 is 12.1. The number of rotatable bonds is 3. The molecule has 30 heavy (non-hydrogen) atoms. The van der Waals surface area contributed by atoms with Crippen molar-refractivity contribution in [3.63, 3.8) is 0 Å². The lowest BCUT2D eigenvalue weighted by molar-refractivity contribution is 0.0696. The maximum Gasteiger partial charge on any atom is 0.336 e. The molecule has 2 aliphatic rings. The number of carbonyl (C=O) groups is 2. The number of hydrogen-bond donors (Lipinski definition) is 3. The Bertz CT molecular complexity index is 1400. The first-order valence-corrected chi connectivity index (χ1v) is 9.12. The van der Waals surface area contributed by atoms with Crippen LogP contribution in [0.3, 0.4) is 0 Å². The lowest BCUT2D eigenvalue weighted by Gasteiger charge is -2.17. The Morgan fingerprint density at radius 2 is 1.60 bits per heavy atom. The van der Waals surface area contributed by atoms with Gasteiger partial charge in [-0.1, -0.05) is 29.3 Å². The zero-order valence-electron chi connectivity index (χ0n) is 14.8. The zero-order chi connectivity index (χ0) is 21.7. The zero-order valence-corrected chi connectivity index (χ0v) is 16.3. The van der Waals surface area contributed by atoms with E-state index in [-0.39, 0.29) is 43.8 Å².